The van der Waals surface area contributed by atoms with E-state index in [1.807, 2.05) is 0 Å². The van der Waals surface area contributed by atoms with Gasteiger partial charge in [0, 0.05) is 6.54 Å². The molecule has 1 unspecified atom stereocenters. The minimum atomic E-state index is 0.655. The summed E-state index contributed by atoms with van der Waals surface area (Å²) in [5.74, 6) is 1.35. The molecule has 74 valence electrons. The van der Waals surface area contributed by atoms with Crippen LogP contribution < -0.4 is 5.32 Å². The summed E-state index contributed by atoms with van der Waals surface area (Å²) in [5.41, 5.74) is 0. The Hall–Kier alpha value is -0.160. The molecule has 1 heterocycles. The van der Waals surface area contributed by atoms with Crippen LogP contribution in [0.3, 0.4) is 0 Å². The first-order valence-corrected chi connectivity index (χ1v) is 5.93. The van der Waals surface area contributed by atoms with E-state index in [9.17, 15) is 0 Å². The van der Waals surface area contributed by atoms with Crippen LogP contribution in [0.1, 0.15) is 20.8 Å². The molecule has 1 rings (SSSR count). The maximum atomic E-state index is 3.96. The highest BCUT2D eigenvalue weighted by atomic mass is 79.9. The monoisotopic (exact) mass is 263 g/mol. The van der Waals surface area contributed by atoms with Crippen LogP contribution in [-0.4, -0.2) is 16.7 Å². The number of hydrogen-bond donors (Lipinski definition) is 1. The van der Waals surface area contributed by atoms with Gasteiger partial charge in [0.25, 0.3) is 0 Å². The van der Waals surface area contributed by atoms with Gasteiger partial charge in [0.05, 0.1) is 0 Å². The van der Waals surface area contributed by atoms with Gasteiger partial charge >= 0.3 is 0 Å². The number of halogens is 1. The molecule has 5 heteroatoms. The second-order valence-electron chi connectivity index (χ2n) is 3.46. The predicted molar refractivity (Wildman–Crippen MR) is 60.1 cm³/mol. The average molecular weight is 264 g/mol. The molecule has 0 aliphatic carbocycles. The Labute approximate surface area is 91.1 Å². The molecule has 0 radical (unpaired) electrons. The standard InChI is InChI=1S/C8H14BrN3S/c1-5(2)6(3)4-10-8-12-11-7(9)13-8/h5-6H,4H2,1-3H3,(H,10,12). The summed E-state index contributed by atoms with van der Waals surface area (Å²) >= 11 is 4.80. The van der Waals surface area contributed by atoms with Gasteiger partial charge in [-0.2, -0.15) is 0 Å². The summed E-state index contributed by atoms with van der Waals surface area (Å²) < 4.78 is 0.826. The van der Waals surface area contributed by atoms with Gasteiger partial charge in [0.2, 0.25) is 5.13 Å². The summed E-state index contributed by atoms with van der Waals surface area (Å²) in [5, 5.41) is 12.0. The second kappa shape index (κ2) is 4.91. The van der Waals surface area contributed by atoms with Crippen molar-refractivity contribution in [1.29, 1.82) is 0 Å². The van der Waals surface area contributed by atoms with Gasteiger partial charge in [-0.1, -0.05) is 32.1 Å². The molecule has 0 amide bonds. The summed E-state index contributed by atoms with van der Waals surface area (Å²) in [6, 6.07) is 0. The predicted octanol–water partition coefficient (Wildman–Crippen LogP) is 3.00. The highest BCUT2D eigenvalue weighted by Crippen LogP contribution is 2.20. The Bertz CT molecular complexity index is 262. The first-order chi connectivity index (χ1) is 6.09. The van der Waals surface area contributed by atoms with E-state index in [0.717, 1.165) is 15.6 Å². The van der Waals surface area contributed by atoms with Gasteiger partial charge in [-0.15, -0.1) is 10.2 Å². The zero-order valence-electron chi connectivity index (χ0n) is 8.04. The lowest BCUT2D eigenvalue weighted by molar-refractivity contribution is 0.439. The molecule has 1 aromatic rings. The molecule has 1 N–H and O–H groups in total. The molecule has 0 aliphatic heterocycles. The van der Waals surface area contributed by atoms with E-state index in [-0.39, 0.29) is 0 Å². The fourth-order valence-corrected chi connectivity index (χ4v) is 1.78. The van der Waals surface area contributed by atoms with Crippen LogP contribution in [0.15, 0.2) is 3.92 Å². The molecular formula is C8H14BrN3S. The SMILES string of the molecule is CC(C)C(C)CNc1nnc(Br)s1. The molecule has 0 saturated carbocycles. The van der Waals surface area contributed by atoms with Crippen LogP contribution in [-0.2, 0) is 0 Å². The number of nitrogens with zero attached hydrogens (tertiary/aromatic N) is 2. The van der Waals surface area contributed by atoms with E-state index in [2.05, 4.69) is 52.2 Å². The maximum absolute atomic E-state index is 3.96. The molecule has 0 bridgehead atoms. The molecule has 0 aromatic carbocycles. The third kappa shape index (κ3) is 3.60. The minimum Gasteiger partial charge on any atom is -0.360 e. The average Bonchev–Trinajstić information content (AvgIpc) is 2.47. The summed E-state index contributed by atoms with van der Waals surface area (Å²) in [6.45, 7) is 7.64. The Kier molecular flexibility index (Phi) is 4.12. The normalized spacial score (nSPS) is 13.3. The lowest BCUT2D eigenvalue weighted by atomic mass is 9.98. The molecule has 0 aliphatic rings. The van der Waals surface area contributed by atoms with Gasteiger partial charge in [-0.3, -0.25) is 0 Å². The molecule has 13 heavy (non-hydrogen) atoms. The van der Waals surface area contributed by atoms with Crippen molar-refractivity contribution in [2.75, 3.05) is 11.9 Å². The van der Waals surface area contributed by atoms with Gasteiger partial charge in [0.15, 0.2) is 3.92 Å². The number of rotatable bonds is 4. The molecular weight excluding hydrogens is 250 g/mol. The van der Waals surface area contributed by atoms with Crippen LogP contribution in [0.5, 0.6) is 0 Å². The van der Waals surface area contributed by atoms with E-state index in [4.69, 9.17) is 0 Å². The lowest BCUT2D eigenvalue weighted by Gasteiger charge is -2.14. The molecule has 3 nitrogen and oxygen atoms in total. The fourth-order valence-electron chi connectivity index (χ4n) is 0.761. The largest absolute Gasteiger partial charge is 0.360 e. The number of aromatic nitrogens is 2. The van der Waals surface area contributed by atoms with Crippen molar-refractivity contribution >= 4 is 32.4 Å². The zero-order chi connectivity index (χ0) is 9.84. The number of hydrogen-bond acceptors (Lipinski definition) is 4. The topological polar surface area (TPSA) is 37.8 Å². The van der Waals surface area contributed by atoms with Crippen LogP contribution >= 0.6 is 27.3 Å². The molecule has 1 aromatic heterocycles. The van der Waals surface area contributed by atoms with Crippen molar-refractivity contribution in [1.82, 2.24) is 10.2 Å². The smallest absolute Gasteiger partial charge is 0.206 e. The highest BCUT2D eigenvalue weighted by Gasteiger charge is 2.07. The molecule has 0 saturated heterocycles. The van der Waals surface area contributed by atoms with E-state index in [1.54, 1.807) is 0 Å². The van der Waals surface area contributed by atoms with Crippen molar-refractivity contribution in [2.45, 2.75) is 20.8 Å². The third-order valence-corrected chi connectivity index (χ3v) is 3.43. The van der Waals surface area contributed by atoms with Gasteiger partial charge in [-0.25, -0.2) is 0 Å². The van der Waals surface area contributed by atoms with Crippen molar-refractivity contribution in [3.8, 4) is 0 Å². The van der Waals surface area contributed by atoms with Crippen molar-refractivity contribution < 1.29 is 0 Å². The zero-order valence-corrected chi connectivity index (χ0v) is 10.4. The van der Waals surface area contributed by atoms with Crippen molar-refractivity contribution in [3.05, 3.63) is 3.92 Å². The molecule has 0 spiro atoms. The van der Waals surface area contributed by atoms with Crippen LogP contribution in [0, 0.1) is 11.8 Å². The van der Waals surface area contributed by atoms with E-state index >= 15 is 0 Å². The Balaban J connectivity index is 2.35. The van der Waals surface area contributed by atoms with Crippen LogP contribution in [0.25, 0.3) is 0 Å². The quantitative estimate of drug-likeness (QED) is 0.908. The summed E-state index contributed by atoms with van der Waals surface area (Å²) in [4.78, 5) is 0. The Morgan fingerprint density at radius 2 is 2.08 bits per heavy atom. The van der Waals surface area contributed by atoms with Crippen LogP contribution in [0.4, 0.5) is 5.13 Å². The van der Waals surface area contributed by atoms with Crippen molar-refractivity contribution in [3.63, 3.8) is 0 Å². The highest BCUT2D eigenvalue weighted by molar-refractivity contribution is 9.11. The first-order valence-electron chi connectivity index (χ1n) is 4.32. The van der Waals surface area contributed by atoms with E-state index < -0.39 is 0 Å². The van der Waals surface area contributed by atoms with Gasteiger partial charge in [0.1, 0.15) is 0 Å². The van der Waals surface area contributed by atoms with Crippen LogP contribution in [0.2, 0.25) is 0 Å². The summed E-state index contributed by atoms with van der Waals surface area (Å²) in [6.07, 6.45) is 0. The third-order valence-electron chi connectivity index (χ3n) is 2.11. The fraction of sp³-hybridized carbons (Fsp3) is 0.750. The lowest BCUT2D eigenvalue weighted by Crippen LogP contribution is -2.16. The Morgan fingerprint density at radius 3 is 2.54 bits per heavy atom. The summed E-state index contributed by atoms with van der Waals surface area (Å²) in [7, 11) is 0. The van der Waals surface area contributed by atoms with E-state index in [0.29, 0.717) is 11.8 Å². The maximum Gasteiger partial charge on any atom is 0.206 e. The van der Waals surface area contributed by atoms with Gasteiger partial charge in [-0.05, 0) is 27.8 Å². The minimum absolute atomic E-state index is 0.655. The Morgan fingerprint density at radius 1 is 1.38 bits per heavy atom. The van der Waals surface area contributed by atoms with Gasteiger partial charge < -0.3 is 5.32 Å². The molecule has 1 atom stereocenters. The molecule has 0 fully saturated rings. The number of anilines is 1. The first kappa shape index (κ1) is 10.9. The second-order valence-corrected chi connectivity index (χ2v) is 5.72. The number of nitrogens with one attached hydrogen (secondary N) is 1. The van der Waals surface area contributed by atoms with Crippen molar-refractivity contribution in [2.24, 2.45) is 11.8 Å². The van der Waals surface area contributed by atoms with E-state index in [1.165, 1.54) is 11.3 Å².